The van der Waals surface area contributed by atoms with Crippen molar-refractivity contribution in [3.63, 3.8) is 0 Å². The molecule has 0 radical (unpaired) electrons. The highest BCUT2D eigenvalue weighted by atomic mass is 32.1. The fourth-order valence-electron chi connectivity index (χ4n) is 1.47. The lowest BCUT2D eigenvalue weighted by Crippen LogP contribution is -2.43. The van der Waals surface area contributed by atoms with E-state index in [1.807, 2.05) is 0 Å². The summed E-state index contributed by atoms with van der Waals surface area (Å²) in [5, 5.41) is 12.0. The fourth-order valence-corrected chi connectivity index (χ4v) is 1.99. The van der Waals surface area contributed by atoms with Gasteiger partial charge in [-0.05, 0) is 11.5 Å². The van der Waals surface area contributed by atoms with E-state index in [0.717, 1.165) is 37.7 Å². The highest BCUT2D eigenvalue weighted by molar-refractivity contribution is 7.07. The standard InChI is InChI=1S/C8H12N4O2S/c13-8(14)7-10-6(11-15-7)5-12-3-1-9-2-4-12/h9H,1-5H2,(H,13,14). The molecule has 15 heavy (non-hydrogen) atoms. The van der Waals surface area contributed by atoms with Crippen LogP contribution in [0.1, 0.15) is 15.6 Å². The molecule has 1 fully saturated rings. The predicted octanol–water partition coefficient (Wildman–Crippen LogP) is -0.359. The number of rotatable bonds is 3. The third-order valence-corrected chi connectivity index (χ3v) is 2.97. The van der Waals surface area contributed by atoms with Gasteiger partial charge in [0.15, 0.2) is 5.82 Å². The summed E-state index contributed by atoms with van der Waals surface area (Å²) in [4.78, 5) is 16.8. The maximum atomic E-state index is 10.6. The number of hydrogen-bond acceptors (Lipinski definition) is 6. The molecule has 0 aromatic carbocycles. The Morgan fingerprint density at radius 2 is 2.27 bits per heavy atom. The van der Waals surface area contributed by atoms with Crippen molar-refractivity contribution in [3.8, 4) is 0 Å². The molecule has 2 N–H and O–H groups in total. The normalized spacial score (nSPS) is 17.9. The van der Waals surface area contributed by atoms with E-state index in [9.17, 15) is 4.79 Å². The second-order valence-corrected chi connectivity index (χ2v) is 4.10. The van der Waals surface area contributed by atoms with Crippen molar-refractivity contribution in [2.75, 3.05) is 26.2 Å². The summed E-state index contributed by atoms with van der Waals surface area (Å²) in [6.45, 7) is 4.50. The van der Waals surface area contributed by atoms with Crippen LogP contribution in [0.2, 0.25) is 0 Å². The zero-order valence-electron chi connectivity index (χ0n) is 8.14. The Morgan fingerprint density at radius 1 is 1.53 bits per heavy atom. The van der Waals surface area contributed by atoms with Crippen molar-refractivity contribution >= 4 is 17.5 Å². The summed E-state index contributed by atoms with van der Waals surface area (Å²) in [6, 6.07) is 0. The van der Waals surface area contributed by atoms with Gasteiger partial charge >= 0.3 is 5.97 Å². The number of hydrogen-bond donors (Lipinski definition) is 2. The van der Waals surface area contributed by atoms with Gasteiger partial charge < -0.3 is 10.4 Å². The van der Waals surface area contributed by atoms with Crippen molar-refractivity contribution in [2.45, 2.75) is 6.54 Å². The molecule has 2 rings (SSSR count). The molecule has 82 valence electrons. The molecule has 0 atom stereocenters. The van der Waals surface area contributed by atoms with E-state index in [4.69, 9.17) is 5.11 Å². The Kier molecular flexibility index (Phi) is 3.24. The number of nitrogens with one attached hydrogen (secondary N) is 1. The van der Waals surface area contributed by atoms with Gasteiger partial charge in [0.2, 0.25) is 5.01 Å². The highest BCUT2D eigenvalue weighted by Gasteiger charge is 2.15. The minimum atomic E-state index is -1.00. The van der Waals surface area contributed by atoms with Crippen molar-refractivity contribution < 1.29 is 9.90 Å². The average molecular weight is 228 g/mol. The SMILES string of the molecule is O=C(O)c1nc(CN2CCNCC2)ns1. The number of aromatic carboxylic acids is 1. The molecule has 1 aliphatic rings. The summed E-state index contributed by atoms with van der Waals surface area (Å²) in [7, 11) is 0. The number of carbonyl (C=O) groups is 1. The van der Waals surface area contributed by atoms with Crippen LogP contribution in [0, 0.1) is 0 Å². The Morgan fingerprint density at radius 3 is 2.87 bits per heavy atom. The van der Waals surface area contributed by atoms with Gasteiger partial charge in [-0.3, -0.25) is 4.90 Å². The van der Waals surface area contributed by atoms with Gasteiger partial charge in [-0.2, -0.15) is 4.37 Å². The third-order valence-electron chi connectivity index (χ3n) is 2.23. The first kappa shape index (κ1) is 10.5. The van der Waals surface area contributed by atoms with E-state index in [1.165, 1.54) is 0 Å². The molecular formula is C8H12N4O2S. The van der Waals surface area contributed by atoms with Crippen LogP contribution in [0.3, 0.4) is 0 Å². The molecule has 0 spiro atoms. The van der Waals surface area contributed by atoms with Crippen molar-refractivity contribution in [2.24, 2.45) is 0 Å². The maximum absolute atomic E-state index is 10.6. The van der Waals surface area contributed by atoms with Crippen LogP contribution >= 0.6 is 11.5 Å². The van der Waals surface area contributed by atoms with E-state index in [0.29, 0.717) is 12.4 Å². The van der Waals surface area contributed by atoms with Crippen LogP contribution in [0.5, 0.6) is 0 Å². The largest absolute Gasteiger partial charge is 0.476 e. The molecule has 1 saturated heterocycles. The van der Waals surface area contributed by atoms with Gasteiger partial charge in [-0.1, -0.05) is 0 Å². The van der Waals surface area contributed by atoms with Crippen LogP contribution in [-0.4, -0.2) is 51.5 Å². The minimum Gasteiger partial charge on any atom is -0.476 e. The molecule has 0 bridgehead atoms. The first-order valence-electron chi connectivity index (χ1n) is 4.74. The summed E-state index contributed by atoms with van der Waals surface area (Å²) in [5.74, 6) is -0.390. The molecule has 1 aromatic heterocycles. The molecule has 0 aliphatic carbocycles. The summed E-state index contributed by atoms with van der Waals surface area (Å²) >= 11 is 0.943. The van der Waals surface area contributed by atoms with Crippen LogP contribution < -0.4 is 5.32 Å². The molecule has 0 amide bonds. The molecule has 1 aromatic rings. The molecule has 2 heterocycles. The zero-order chi connectivity index (χ0) is 10.7. The molecular weight excluding hydrogens is 216 g/mol. The van der Waals surface area contributed by atoms with Crippen molar-refractivity contribution in [1.29, 1.82) is 0 Å². The summed E-state index contributed by atoms with van der Waals surface area (Å²) in [5.41, 5.74) is 0. The average Bonchev–Trinajstić information content (AvgIpc) is 2.68. The lowest BCUT2D eigenvalue weighted by molar-refractivity contribution is 0.0696. The second kappa shape index (κ2) is 4.65. The zero-order valence-corrected chi connectivity index (χ0v) is 8.96. The Balaban J connectivity index is 1.94. The number of nitrogens with zero attached hydrogens (tertiary/aromatic N) is 3. The topological polar surface area (TPSA) is 78.3 Å². The lowest BCUT2D eigenvalue weighted by Gasteiger charge is -2.25. The predicted molar refractivity (Wildman–Crippen MR) is 55.0 cm³/mol. The fraction of sp³-hybridized carbons (Fsp3) is 0.625. The molecule has 7 heteroatoms. The second-order valence-electron chi connectivity index (χ2n) is 3.35. The van der Waals surface area contributed by atoms with E-state index in [-0.39, 0.29) is 5.01 Å². The van der Waals surface area contributed by atoms with Crippen LogP contribution in [0.15, 0.2) is 0 Å². The van der Waals surface area contributed by atoms with Crippen LogP contribution in [0.25, 0.3) is 0 Å². The van der Waals surface area contributed by atoms with Gasteiger partial charge in [0, 0.05) is 26.2 Å². The smallest absolute Gasteiger partial charge is 0.366 e. The van der Waals surface area contributed by atoms with Crippen molar-refractivity contribution in [1.82, 2.24) is 19.6 Å². The number of aromatic nitrogens is 2. The van der Waals surface area contributed by atoms with Gasteiger partial charge in [-0.25, -0.2) is 9.78 Å². The summed E-state index contributed by atoms with van der Waals surface area (Å²) < 4.78 is 4.02. The molecule has 0 unspecified atom stereocenters. The Labute approximate surface area is 91.1 Å². The van der Waals surface area contributed by atoms with E-state index >= 15 is 0 Å². The first-order chi connectivity index (χ1) is 7.25. The van der Waals surface area contributed by atoms with Gasteiger partial charge in [0.1, 0.15) is 0 Å². The van der Waals surface area contributed by atoms with Crippen molar-refractivity contribution in [3.05, 3.63) is 10.8 Å². The quantitative estimate of drug-likeness (QED) is 0.735. The van der Waals surface area contributed by atoms with E-state index in [2.05, 4.69) is 19.6 Å². The lowest BCUT2D eigenvalue weighted by atomic mass is 10.3. The molecule has 1 aliphatic heterocycles. The van der Waals surface area contributed by atoms with Crippen LogP contribution in [0.4, 0.5) is 0 Å². The van der Waals surface area contributed by atoms with Gasteiger partial charge in [-0.15, -0.1) is 0 Å². The highest BCUT2D eigenvalue weighted by Crippen LogP contribution is 2.07. The summed E-state index contributed by atoms with van der Waals surface area (Å²) in [6.07, 6.45) is 0. The maximum Gasteiger partial charge on any atom is 0.366 e. The first-order valence-corrected chi connectivity index (χ1v) is 5.52. The number of piperazine rings is 1. The monoisotopic (exact) mass is 228 g/mol. The van der Waals surface area contributed by atoms with Crippen LogP contribution in [-0.2, 0) is 6.54 Å². The van der Waals surface area contributed by atoms with Gasteiger partial charge in [0.05, 0.1) is 6.54 Å². The molecule has 6 nitrogen and oxygen atoms in total. The third kappa shape index (κ3) is 2.71. The molecule has 0 saturated carbocycles. The Bertz CT molecular complexity index is 348. The van der Waals surface area contributed by atoms with Gasteiger partial charge in [0.25, 0.3) is 0 Å². The Hall–Kier alpha value is -1.05. The van der Waals surface area contributed by atoms with E-state index < -0.39 is 5.97 Å². The minimum absolute atomic E-state index is 0.0696. The van der Waals surface area contributed by atoms with E-state index in [1.54, 1.807) is 0 Å². The number of carboxylic acid groups (broad SMARTS) is 1. The number of carboxylic acids is 1.